The summed E-state index contributed by atoms with van der Waals surface area (Å²) in [4.78, 5) is 0. The molecule has 1 saturated heterocycles. The first kappa shape index (κ1) is 16.5. The van der Waals surface area contributed by atoms with Crippen molar-refractivity contribution >= 4 is 21.1 Å². The van der Waals surface area contributed by atoms with Crippen LogP contribution in [0.15, 0.2) is 24.3 Å². The predicted octanol–water partition coefficient (Wildman–Crippen LogP) is 3.28. The van der Waals surface area contributed by atoms with E-state index in [9.17, 15) is 8.42 Å². The van der Waals surface area contributed by atoms with Gasteiger partial charge in [-0.25, -0.2) is 8.42 Å². The van der Waals surface area contributed by atoms with E-state index in [0.717, 1.165) is 29.7 Å². The van der Waals surface area contributed by atoms with E-state index >= 15 is 0 Å². The topological polar surface area (TPSA) is 69.4 Å². The van der Waals surface area contributed by atoms with Crippen molar-refractivity contribution < 1.29 is 13.2 Å². The van der Waals surface area contributed by atoms with Crippen molar-refractivity contribution in [2.45, 2.75) is 43.3 Å². The molecule has 1 fully saturated rings. The first-order valence-corrected chi connectivity index (χ1v) is 10.2. The molecule has 5 heteroatoms. The Morgan fingerprint density at radius 1 is 1.17 bits per heavy atom. The van der Waals surface area contributed by atoms with Gasteiger partial charge in [0.05, 0.1) is 0 Å². The fraction of sp³-hybridized carbons (Fsp3) is 0.556. The van der Waals surface area contributed by atoms with E-state index in [4.69, 9.17) is 10.5 Å². The highest BCUT2D eigenvalue weighted by Crippen LogP contribution is 2.42. The summed E-state index contributed by atoms with van der Waals surface area (Å²) in [5, 5.41) is 0. The van der Waals surface area contributed by atoms with Gasteiger partial charge in [-0.15, -0.1) is 0 Å². The molecule has 1 aromatic carbocycles. The largest absolute Gasteiger partial charge is 0.398 e. The van der Waals surface area contributed by atoms with Gasteiger partial charge in [-0.05, 0) is 61.8 Å². The summed E-state index contributed by atoms with van der Waals surface area (Å²) in [7, 11) is -3.24. The summed E-state index contributed by atoms with van der Waals surface area (Å²) in [5.74, 6) is 0. The first-order valence-electron chi connectivity index (χ1n) is 8.31. The van der Waals surface area contributed by atoms with Crippen molar-refractivity contribution in [3.05, 3.63) is 35.4 Å². The molecule has 4 nitrogen and oxygen atoms in total. The Kier molecular flexibility index (Phi) is 4.52. The number of nitrogen functional groups attached to an aromatic ring is 1. The molecule has 2 aliphatic rings. The zero-order chi connectivity index (χ0) is 16.5. The van der Waals surface area contributed by atoms with E-state index in [2.05, 4.69) is 6.08 Å². The Morgan fingerprint density at radius 3 is 2.52 bits per heavy atom. The summed E-state index contributed by atoms with van der Waals surface area (Å²) in [6, 6.07) is 5.76. The predicted molar refractivity (Wildman–Crippen MR) is 93.9 cm³/mol. The standard InChI is InChI=1S/C18H25NO3S/c1-23(20,21)18(9-11-22-12-10-18)15-7-8-17(19)16(13-15)14-5-3-2-4-6-14/h5,7-8,13H,2-4,6,9-12,19H2,1H3. The van der Waals surface area contributed by atoms with Crippen LogP contribution in [0.3, 0.4) is 0 Å². The molecule has 0 saturated carbocycles. The molecule has 0 unspecified atom stereocenters. The smallest absolute Gasteiger partial charge is 0.157 e. The molecule has 2 N–H and O–H groups in total. The minimum absolute atomic E-state index is 0.482. The van der Waals surface area contributed by atoms with Crippen molar-refractivity contribution in [1.82, 2.24) is 0 Å². The molecular formula is C18H25NO3S. The molecule has 1 aromatic rings. The lowest BCUT2D eigenvalue weighted by Crippen LogP contribution is -2.40. The third kappa shape index (κ3) is 3.04. The lowest BCUT2D eigenvalue weighted by Gasteiger charge is -2.36. The van der Waals surface area contributed by atoms with Gasteiger partial charge < -0.3 is 10.5 Å². The molecule has 0 bridgehead atoms. The number of allylic oxidation sites excluding steroid dienone is 2. The summed E-state index contributed by atoms with van der Waals surface area (Å²) < 4.78 is 29.7. The van der Waals surface area contributed by atoms with Crippen LogP contribution in [0.5, 0.6) is 0 Å². The minimum atomic E-state index is -3.24. The lowest BCUT2D eigenvalue weighted by molar-refractivity contribution is 0.0742. The van der Waals surface area contributed by atoms with E-state index in [1.54, 1.807) is 0 Å². The van der Waals surface area contributed by atoms with E-state index in [-0.39, 0.29) is 0 Å². The van der Waals surface area contributed by atoms with Crippen LogP contribution in [0.1, 0.15) is 49.7 Å². The second-order valence-electron chi connectivity index (χ2n) is 6.66. The third-order valence-electron chi connectivity index (χ3n) is 5.23. The molecule has 3 rings (SSSR count). The molecule has 0 radical (unpaired) electrons. The minimum Gasteiger partial charge on any atom is -0.398 e. The number of rotatable bonds is 3. The first-order chi connectivity index (χ1) is 10.9. The Balaban J connectivity index is 2.10. The fourth-order valence-electron chi connectivity index (χ4n) is 3.78. The van der Waals surface area contributed by atoms with Crippen LogP contribution in [-0.4, -0.2) is 27.9 Å². The highest BCUT2D eigenvalue weighted by Gasteiger charge is 2.44. The molecule has 0 spiro atoms. The zero-order valence-corrected chi connectivity index (χ0v) is 14.5. The van der Waals surface area contributed by atoms with Gasteiger partial charge in [-0.2, -0.15) is 0 Å². The normalized spacial score (nSPS) is 21.7. The zero-order valence-electron chi connectivity index (χ0n) is 13.7. The van der Waals surface area contributed by atoms with Crippen LogP contribution in [0.4, 0.5) is 5.69 Å². The summed E-state index contributed by atoms with van der Waals surface area (Å²) in [6.45, 7) is 0.963. The highest BCUT2D eigenvalue weighted by molar-refractivity contribution is 7.91. The Bertz CT molecular complexity index is 716. The van der Waals surface area contributed by atoms with E-state index in [1.807, 2.05) is 18.2 Å². The van der Waals surface area contributed by atoms with Gasteiger partial charge >= 0.3 is 0 Å². The number of hydrogen-bond acceptors (Lipinski definition) is 4. The van der Waals surface area contributed by atoms with Gasteiger partial charge in [0.2, 0.25) is 0 Å². The quantitative estimate of drug-likeness (QED) is 0.861. The molecule has 0 aromatic heterocycles. The van der Waals surface area contributed by atoms with Gasteiger partial charge in [0, 0.05) is 30.7 Å². The summed E-state index contributed by atoms with van der Waals surface area (Å²) >= 11 is 0. The number of ether oxygens (including phenoxy) is 1. The Morgan fingerprint density at radius 2 is 1.91 bits per heavy atom. The average molecular weight is 335 g/mol. The Hall–Kier alpha value is -1.33. The molecule has 0 atom stereocenters. The van der Waals surface area contributed by atoms with Crippen LogP contribution < -0.4 is 5.73 Å². The van der Waals surface area contributed by atoms with E-state index < -0.39 is 14.6 Å². The van der Waals surface area contributed by atoms with Gasteiger partial charge in [-0.1, -0.05) is 12.1 Å². The van der Waals surface area contributed by atoms with Crippen molar-refractivity contribution in [2.75, 3.05) is 25.2 Å². The average Bonchev–Trinajstić information content (AvgIpc) is 2.56. The van der Waals surface area contributed by atoms with Gasteiger partial charge in [0.25, 0.3) is 0 Å². The number of benzene rings is 1. The molecular weight excluding hydrogens is 310 g/mol. The van der Waals surface area contributed by atoms with Crippen molar-refractivity contribution in [3.63, 3.8) is 0 Å². The lowest BCUT2D eigenvalue weighted by atomic mass is 9.86. The maximum Gasteiger partial charge on any atom is 0.157 e. The number of hydrogen-bond donors (Lipinski definition) is 1. The van der Waals surface area contributed by atoms with Crippen LogP contribution in [-0.2, 0) is 19.3 Å². The van der Waals surface area contributed by atoms with Crippen molar-refractivity contribution in [3.8, 4) is 0 Å². The molecule has 0 amide bonds. The number of nitrogens with two attached hydrogens (primary N) is 1. The maximum atomic E-state index is 12.6. The number of anilines is 1. The van der Waals surface area contributed by atoms with Gasteiger partial charge in [0.1, 0.15) is 4.75 Å². The van der Waals surface area contributed by atoms with Crippen LogP contribution in [0, 0.1) is 0 Å². The highest BCUT2D eigenvalue weighted by atomic mass is 32.2. The molecule has 1 heterocycles. The van der Waals surface area contributed by atoms with Gasteiger partial charge in [0.15, 0.2) is 9.84 Å². The molecule has 23 heavy (non-hydrogen) atoms. The Labute approximate surface area is 138 Å². The second-order valence-corrected chi connectivity index (χ2v) is 8.98. The molecule has 1 aliphatic heterocycles. The van der Waals surface area contributed by atoms with E-state index in [0.29, 0.717) is 26.1 Å². The van der Waals surface area contributed by atoms with Crippen LogP contribution in [0.25, 0.3) is 5.57 Å². The summed E-state index contributed by atoms with van der Waals surface area (Å²) in [5.41, 5.74) is 10.0. The van der Waals surface area contributed by atoms with Crippen molar-refractivity contribution in [1.29, 1.82) is 0 Å². The number of sulfone groups is 1. The van der Waals surface area contributed by atoms with Crippen LogP contribution in [0.2, 0.25) is 0 Å². The second kappa shape index (κ2) is 6.29. The van der Waals surface area contributed by atoms with Crippen LogP contribution >= 0.6 is 0 Å². The van der Waals surface area contributed by atoms with E-state index in [1.165, 1.54) is 24.7 Å². The molecule has 1 aliphatic carbocycles. The monoisotopic (exact) mass is 335 g/mol. The summed E-state index contributed by atoms with van der Waals surface area (Å²) in [6.07, 6.45) is 9.08. The van der Waals surface area contributed by atoms with Gasteiger partial charge in [-0.3, -0.25) is 0 Å². The SMILES string of the molecule is CS(=O)(=O)C1(c2ccc(N)c(C3=CCCCC3)c2)CCOCC1. The van der Waals surface area contributed by atoms with Crippen molar-refractivity contribution in [2.24, 2.45) is 0 Å². The fourth-order valence-corrected chi connectivity index (χ4v) is 5.24. The molecule has 126 valence electrons. The maximum absolute atomic E-state index is 12.6. The third-order valence-corrected chi connectivity index (χ3v) is 7.29.